The van der Waals surface area contributed by atoms with E-state index in [9.17, 15) is 20.1 Å². The summed E-state index contributed by atoms with van der Waals surface area (Å²) in [6, 6.07) is 0. The fourth-order valence-corrected chi connectivity index (χ4v) is 2.38. The average molecular weight is 381 g/mol. The average Bonchev–Trinajstić information content (AvgIpc) is 2.63. The van der Waals surface area contributed by atoms with Crippen molar-refractivity contribution in [1.29, 1.82) is 0 Å². The zero-order valence-electron chi connectivity index (χ0n) is 16.4. The minimum absolute atomic E-state index is 0.189. The van der Waals surface area contributed by atoms with Crippen molar-refractivity contribution >= 4 is 5.97 Å². The normalized spacial score (nSPS) is 16.0. The standard InChI is InChI=1S/C22H36O5/c1-2-3-9-16-20(24)21(25)17-12-7-5-4-6-10-14-19(23)15-11-8-13-18-22(26)27/h3-4,6-7,9-10,12,14,19-21,23-25H,2,5,8,11,13,15-18H2,1H3,(H,26,27)/b6-4-,9-3-,12-7-,14-10+. The van der Waals surface area contributed by atoms with Gasteiger partial charge >= 0.3 is 5.97 Å². The highest BCUT2D eigenvalue weighted by Gasteiger charge is 2.12. The summed E-state index contributed by atoms with van der Waals surface area (Å²) < 4.78 is 0. The second-order valence-corrected chi connectivity index (χ2v) is 6.57. The van der Waals surface area contributed by atoms with Crippen LogP contribution in [0.3, 0.4) is 0 Å². The third-order valence-corrected chi connectivity index (χ3v) is 4.01. The zero-order valence-corrected chi connectivity index (χ0v) is 16.4. The molecule has 0 heterocycles. The molecule has 0 saturated heterocycles. The number of carboxylic acid groups (broad SMARTS) is 1. The van der Waals surface area contributed by atoms with Gasteiger partial charge in [0.25, 0.3) is 0 Å². The summed E-state index contributed by atoms with van der Waals surface area (Å²) in [5.41, 5.74) is 0. The maximum atomic E-state index is 10.4. The quantitative estimate of drug-likeness (QED) is 0.185. The Morgan fingerprint density at radius 3 is 2.15 bits per heavy atom. The molecule has 0 aromatic heterocycles. The smallest absolute Gasteiger partial charge is 0.303 e. The van der Waals surface area contributed by atoms with Gasteiger partial charge in [0.1, 0.15) is 0 Å². The molecule has 3 unspecified atom stereocenters. The Morgan fingerprint density at radius 2 is 1.52 bits per heavy atom. The first-order chi connectivity index (χ1) is 13.0. The van der Waals surface area contributed by atoms with Crippen LogP contribution in [0.15, 0.2) is 48.6 Å². The predicted molar refractivity (Wildman–Crippen MR) is 109 cm³/mol. The van der Waals surface area contributed by atoms with Crippen molar-refractivity contribution in [3.05, 3.63) is 48.6 Å². The molecule has 0 aromatic rings. The van der Waals surface area contributed by atoms with Crippen LogP contribution in [0.2, 0.25) is 0 Å². The monoisotopic (exact) mass is 380 g/mol. The molecule has 0 fully saturated rings. The van der Waals surface area contributed by atoms with E-state index in [1.165, 1.54) is 0 Å². The van der Waals surface area contributed by atoms with Crippen LogP contribution in [0.25, 0.3) is 0 Å². The van der Waals surface area contributed by atoms with E-state index in [-0.39, 0.29) is 6.42 Å². The molecular formula is C22H36O5. The van der Waals surface area contributed by atoms with E-state index in [0.717, 1.165) is 19.3 Å². The lowest BCUT2D eigenvalue weighted by Gasteiger charge is -2.14. The van der Waals surface area contributed by atoms with Gasteiger partial charge in [-0.05, 0) is 38.5 Å². The molecule has 154 valence electrons. The van der Waals surface area contributed by atoms with Crippen LogP contribution in [-0.4, -0.2) is 44.7 Å². The number of carboxylic acids is 1. The number of aliphatic hydroxyl groups excluding tert-OH is 3. The van der Waals surface area contributed by atoms with Crippen molar-refractivity contribution in [3.63, 3.8) is 0 Å². The van der Waals surface area contributed by atoms with Crippen molar-refractivity contribution in [2.75, 3.05) is 0 Å². The summed E-state index contributed by atoms with van der Waals surface area (Å²) >= 11 is 0. The molecule has 3 atom stereocenters. The molecule has 0 aliphatic rings. The van der Waals surface area contributed by atoms with Crippen LogP contribution >= 0.6 is 0 Å². The minimum atomic E-state index is -0.774. The summed E-state index contributed by atoms with van der Waals surface area (Å²) in [5, 5.41) is 37.9. The van der Waals surface area contributed by atoms with Crippen molar-refractivity contribution in [2.24, 2.45) is 0 Å². The molecule has 0 saturated carbocycles. The first-order valence-corrected chi connectivity index (χ1v) is 9.86. The third-order valence-electron chi connectivity index (χ3n) is 4.01. The molecule has 27 heavy (non-hydrogen) atoms. The first-order valence-electron chi connectivity index (χ1n) is 9.86. The molecule has 0 spiro atoms. The largest absolute Gasteiger partial charge is 0.481 e. The van der Waals surface area contributed by atoms with Gasteiger partial charge in [0, 0.05) is 6.42 Å². The maximum Gasteiger partial charge on any atom is 0.303 e. The second-order valence-electron chi connectivity index (χ2n) is 6.57. The predicted octanol–water partition coefficient (Wildman–Crippen LogP) is 3.91. The third kappa shape index (κ3) is 17.5. The molecule has 4 N–H and O–H groups in total. The van der Waals surface area contributed by atoms with E-state index in [2.05, 4.69) is 0 Å². The van der Waals surface area contributed by atoms with Crippen LogP contribution in [0.4, 0.5) is 0 Å². The number of carbonyl (C=O) groups is 1. The van der Waals surface area contributed by atoms with Gasteiger partial charge in [-0.15, -0.1) is 0 Å². The lowest BCUT2D eigenvalue weighted by atomic mass is 10.1. The topological polar surface area (TPSA) is 98.0 Å². The van der Waals surface area contributed by atoms with E-state index in [0.29, 0.717) is 32.1 Å². The summed E-state index contributed by atoms with van der Waals surface area (Å²) in [5.74, 6) is -0.774. The van der Waals surface area contributed by atoms with Gasteiger partial charge < -0.3 is 20.4 Å². The number of allylic oxidation sites excluding steroid dienone is 5. The van der Waals surface area contributed by atoms with Crippen molar-refractivity contribution < 1.29 is 25.2 Å². The number of aliphatic hydroxyl groups is 3. The van der Waals surface area contributed by atoms with Gasteiger partial charge in [-0.3, -0.25) is 4.79 Å². The van der Waals surface area contributed by atoms with Gasteiger partial charge in [-0.1, -0.05) is 68.4 Å². The Hall–Kier alpha value is -1.69. The van der Waals surface area contributed by atoms with E-state index in [1.807, 2.05) is 43.4 Å². The summed E-state index contributed by atoms with van der Waals surface area (Å²) in [6.07, 6.45) is 18.6. The molecule has 5 heteroatoms. The number of hydrogen-bond acceptors (Lipinski definition) is 4. The zero-order chi connectivity index (χ0) is 20.3. The molecule has 0 aromatic carbocycles. The minimum Gasteiger partial charge on any atom is -0.481 e. The van der Waals surface area contributed by atoms with E-state index in [1.54, 1.807) is 12.2 Å². The van der Waals surface area contributed by atoms with Crippen LogP contribution in [-0.2, 0) is 4.79 Å². The van der Waals surface area contributed by atoms with Crippen LogP contribution in [0.5, 0.6) is 0 Å². The van der Waals surface area contributed by atoms with Crippen LogP contribution in [0.1, 0.15) is 64.7 Å². The lowest BCUT2D eigenvalue weighted by Crippen LogP contribution is -2.24. The Morgan fingerprint density at radius 1 is 0.852 bits per heavy atom. The second kappa shape index (κ2) is 17.7. The highest BCUT2D eigenvalue weighted by Crippen LogP contribution is 2.07. The van der Waals surface area contributed by atoms with E-state index < -0.39 is 24.3 Å². The van der Waals surface area contributed by atoms with Gasteiger partial charge in [-0.25, -0.2) is 0 Å². The number of rotatable bonds is 16. The van der Waals surface area contributed by atoms with E-state index in [4.69, 9.17) is 5.11 Å². The number of hydrogen-bond donors (Lipinski definition) is 4. The molecular weight excluding hydrogens is 344 g/mol. The summed E-state index contributed by atoms with van der Waals surface area (Å²) in [6.45, 7) is 2.02. The molecule has 0 radical (unpaired) electrons. The number of aliphatic carboxylic acids is 1. The van der Waals surface area contributed by atoms with Crippen LogP contribution < -0.4 is 0 Å². The van der Waals surface area contributed by atoms with E-state index >= 15 is 0 Å². The van der Waals surface area contributed by atoms with Gasteiger partial charge in [0.05, 0.1) is 18.3 Å². The fraction of sp³-hybridized carbons (Fsp3) is 0.591. The molecule has 5 nitrogen and oxygen atoms in total. The number of unbranched alkanes of at least 4 members (excludes halogenated alkanes) is 2. The molecule has 0 amide bonds. The maximum absolute atomic E-state index is 10.4. The Kier molecular flexibility index (Phi) is 16.6. The summed E-state index contributed by atoms with van der Waals surface area (Å²) in [7, 11) is 0. The molecule has 0 aliphatic carbocycles. The van der Waals surface area contributed by atoms with Gasteiger partial charge in [-0.2, -0.15) is 0 Å². The first kappa shape index (κ1) is 25.3. The summed E-state index contributed by atoms with van der Waals surface area (Å²) in [4.78, 5) is 10.4. The highest BCUT2D eigenvalue weighted by atomic mass is 16.4. The van der Waals surface area contributed by atoms with Crippen LogP contribution in [0, 0.1) is 0 Å². The molecule has 0 aliphatic heterocycles. The highest BCUT2D eigenvalue weighted by molar-refractivity contribution is 5.66. The SMILES string of the molecule is CC/C=C\CC(O)C(O)C/C=C\C/C=C\C=C\C(O)CCCCCC(=O)O. The molecule has 0 bridgehead atoms. The van der Waals surface area contributed by atoms with Crippen molar-refractivity contribution in [1.82, 2.24) is 0 Å². The Labute approximate surface area is 163 Å². The Bertz CT molecular complexity index is 479. The van der Waals surface area contributed by atoms with Crippen molar-refractivity contribution in [3.8, 4) is 0 Å². The van der Waals surface area contributed by atoms with Gasteiger partial charge in [0.15, 0.2) is 0 Å². The fourth-order valence-electron chi connectivity index (χ4n) is 2.38. The van der Waals surface area contributed by atoms with Gasteiger partial charge in [0.2, 0.25) is 0 Å². The molecule has 0 rings (SSSR count). The van der Waals surface area contributed by atoms with Crippen molar-refractivity contribution in [2.45, 2.75) is 83.0 Å². The Balaban J connectivity index is 3.79. The lowest BCUT2D eigenvalue weighted by molar-refractivity contribution is -0.137.